The lowest BCUT2D eigenvalue weighted by atomic mass is 10.3. The number of aryl methyl sites for hydroxylation is 1. The second-order valence-corrected chi connectivity index (χ2v) is 8.83. The van der Waals surface area contributed by atoms with Gasteiger partial charge in [0.05, 0.1) is 40.5 Å². The highest BCUT2D eigenvalue weighted by Gasteiger charge is 2.18. The van der Waals surface area contributed by atoms with E-state index in [1.807, 2.05) is 19.1 Å². The minimum atomic E-state index is -0.316. The topological polar surface area (TPSA) is 106 Å². The summed E-state index contributed by atoms with van der Waals surface area (Å²) in [5.74, 6) is -0.0214. The van der Waals surface area contributed by atoms with Crippen molar-refractivity contribution in [2.24, 2.45) is 0 Å². The first-order valence-corrected chi connectivity index (χ1v) is 10.9. The predicted octanol–water partition coefficient (Wildman–Crippen LogP) is 2.64. The van der Waals surface area contributed by atoms with Gasteiger partial charge in [-0.15, -0.1) is 11.3 Å². The molecule has 0 bridgehead atoms. The van der Waals surface area contributed by atoms with Crippen molar-refractivity contribution >= 4 is 50.8 Å². The smallest absolute Gasteiger partial charge is 0.275 e. The van der Waals surface area contributed by atoms with Crippen LogP contribution in [-0.2, 0) is 9.53 Å². The van der Waals surface area contributed by atoms with Crippen LogP contribution in [0.2, 0.25) is 0 Å². The van der Waals surface area contributed by atoms with Crippen LogP contribution in [0.15, 0.2) is 34.9 Å². The van der Waals surface area contributed by atoms with E-state index in [1.54, 1.807) is 12.3 Å². The molecule has 8 nitrogen and oxygen atoms in total. The molecule has 2 aromatic heterocycles. The third-order valence-electron chi connectivity index (χ3n) is 4.26. The molecule has 1 fully saturated rings. The molecule has 0 saturated carbocycles. The van der Waals surface area contributed by atoms with Gasteiger partial charge in [0.1, 0.15) is 5.69 Å². The Morgan fingerprint density at radius 1 is 1.31 bits per heavy atom. The van der Waals surface area contributed by atoms with Gasteiger partial charge in [-0.25, -0.2) is 9.97 Å². The van der Waals surface area contributed by atoms with Gasteiger partial charge in [-0.2, -0.15) is 0 Å². The Morgan fingerprint density at radius 2 is 2.21 bits per heavy atom. The molecule has 1 unspecified atom stereocenters. The number of hydrogen-bond acceptors (Lipinski definition) is 8. The summed E-state index contributed by atoms with van der Waals surface area (Å²) in [5, 5.41) is 5.79. The lowest BCUT2D eigenvalue weighted by molar-refractivity contribution is -0.119. The zero-order chi connectivity index (χ0) is 20.2. The number of carbonyl (C=O) groups is 2. The predicted molar refractivity (Wildman–Crippen MR) is 112 cm³/mol. The molecule has 150 valence electrons. The van der Waals surface area contributed by atoms with E-state index in [-0.39, 0.29) is 23.6 Å². The molecule has 3 aromatic rings. The van der Waals surface area contributed by atoms with E-state index in [9.17, 15) is 9.59 Å². The summed E-state index contributed by atoms with van der Waals surface area (Å²) < 4.78 is 7.01. The van der Waals surface area contributed by atoms with Gasteiger partial charge >= 0.3 is 0 Å². The molecule has 1 aliphatic heterocycles. The van der Waals surface area contributed by atoms with Crippen LogP contribution in [0.25, 0.3) is 10.2 Å². The fourth-order valence-corrected chi connectivity index (χ4v) is 4.71. The number of hydrogen-bond donors (Lipinski definition) is 2. The van der Waals surface area contributed by atoms with Crippen molar-refractivity contribution in [3.63, 3.8) is 0 Å². The lowest BCUT2D eigenvalue weighted by Gasteiger charge is -2.09. The molecule has 3 heterocycles. The maximum atomic E-state index is 12.3. The van der Waals surface area contributed by atoms with Crippen LogP contribution < -0.4 is 10.6 Å². The van der Waals surface area contributed by atoms with Crippen LogP contribution >= 0.6 is 23.1 Å². The minimum absolute atomic E-state index is 0.0167. The van der Waals surface area contributed by atoms with Crippen molar-refractivity contribution in [3.8, 4) is 0 Å². The number of thioether (sulfide) groups is 1. The second-order valence-electron chi connectivity index (χ2n) is 6.58. The monoisotopic (exact) mass is 429 g/mol. The summed E-state index contributed by atoms with van der Waals surface area (Å²) in [6.45, 7) is 3.10. The van der Waals surface area contributed by atoms with Crippen molar-refractivity contribution in [3.05, 3.63) is 42.0 Å². The van der Waals surface area contributed by atoms with Gasteiger partial charge in [-0.1, -0.05) is 11.8 Å². The van der Waals surface area contributed by atoms with Crippen LogP contribution in [0.3, 0.4) is 0 Å². The average molecular weight is 430 g/mol. The number of benzene rings is 1. The molecule has 29 heavy (non-hydrogen) atoms. The molecule has 0 spiro atoms. The van der Waals surface area contributed by atoms with Gasteiger partial charge in [0, 0.05) is 18.5 Å². The SMILES string of the molecule is Cc1cnc(C(=O)Nc2ccc3nc(SCC(=O)NC4CCOC4)sc3c2)cn1. The molecule has 1 atom stereocenters. The molecule has 10 heteroatoms. The zero-order valence-electron chi connectivity index (χ0n) is 15.7. The number of thiazole rings is 1. The number of aromatic nitrogens is 3. The Morgan fingerprint density at radius 3 is 2.97 bits per heavy atom. The Kier molecular flexibility index (Phi) is 6.02. The van der Waals surface area contributed by atoms with Crippen LogP contribution in [0.4, 0.5) is 5.69 Å². The summed E-state index contributed by atoms with van der Waals surface area (Å²) in [4.78, 5) is 37.1. The lowest BCUT2D eigenvalue weighted by Crippen LogP contribution is -2.36. The maximum absolute atomic E-state index is 12.3. The van der Waals surface area contributed by atoms with Gasteiger partial charge in [-0.3, -0.25) is 14.6 Å². The van der Waals surface area contributed by atoms with E-state index < -0.39 is 0 Å². The average Bonchev–Trinajstić information content (AvgIpc) is 3.36. The summed E-state index contributed by atoms with van der Waals surface area (Å²) in [6, 6.07) is 5.63. The summed E-state index contributed by atoms with van der Waals surface area (Å²) in [6.07, 6.45) is 3.87. The van der Waals surface area contributed by atoms with E-state index in [2.05, 4.69) is 25.6 Å². The molecular formula is C19H19N5O3S2. The number of fused-ring (bicyclic) bond motifs is 1. The third-order valence-corrected chi connectivity index (χ3v) is 6.42. The summed E-state index contributed by atoms with van der Waals surface area (Å²) in [5.41, 5.74) is 2.50. The molecule has 2 N–H and O–H groups in total. The van der Waals surface area contributed by atoms with Crippen molar-refractivity contribution < 1.29 is 14.3 Å². The van der Waals surface area contributed by atoms with Crippen molar-refractivity contribution in [2.75, 3.05) is 24.3 Å². The molecule has 2 amide bonds. The standard InChI is InChI=1S/C19H19N5O3S2/c1-11-7-21-15(8-20-11)18(26)23-12-2-3-14-16(6-12)29-19(24-14)28-10-17(25)22-13-4-5-27-9-13/h2-3,6-8,13H,4-5,9-10H2,1H3,(H,22,25)(H,23,26). The number of ether oxygens (including phenoxy) is 1. The van der Waals surface area contributed by atoms with Crippen LogP contribution in [0.1, 0.15) is 22.6 Å². The Bertz CT molecular complexity index is 1030. The first kappa shape index (κ1) is 19.7. The maximum Gasteiger partial charge on any atom is 0.275 e. The molecular weight excluding hydrogens is 410 g/mol. The highest BCUT2D eigenvalue weighted by atomic mass is 32.2. The minimum Gasteiger partial charge on any atom is -0.379 e. The van der Waals surface area contributed by atoms with Crippen LogP contribution in [-0.4, -0.2) is 51.8 Å². The largest absolute Gasteiger partial charge is 0.379 e. The quantitative estimate of drug-likeness (QED) is 0.580. The third kappa shape index (κ3) is 5.08. The Hall–Kier alpha value is -2.56. The highest BCUT2D eigenvalue weighted by molar-refractivity contribution is 8.01. The first-order valence-electron chi connectivity index (χ1n) is 9.07. The highest BCUT2D eigenvalue weighted by Crippen LogP contribution is 2.31. The van der Waals surface area contributed by atoms with E-state index in [4.69, 9.17) is 4.74 Å². The first-order chi connectivity index (χ1) is 14.1. The Labute approximate surface area is 175 Å². The van der Waals surface area contributed by atoms with E-state index >= 15 is 0 Å². The zero-order valence-corrected chi connectivity index (χ0v) is 17.3. The van der Waals surface area contributed by atoms with Crippen LogP contribution in [0.5, 0.6) is 0 Å². The second kappa shape index (κ2) is 8.85. The van der Waals surface area contributed by atoms with E-state index in [1.165, 1.54) is 29.3 Å². The van der Waals surface area contributed by atoms with Gasteiger partial charge in [0.15, 0.2) is 4.34 Å². The molecule has 4 rings (SSSR count). The summed E-state index contributed by atoms with van der Waals surface area (Å²) in [7, 11) is 0. The van der Waals surface area contributed by atoms with Crippen molar-refractivity contribution in [1.82, 2.24) is 20.3 Å². The molecule has 1 saturated heterocycles. The molecule has 1 aliphatic rings. The summed E-state index contributed by atoms with van der Waals surface area (Å²) >= 11 is 2.89. The molecule has 1 aromatic carbocycles. The van der Waals surface area contributed by atoms with Crippen molar-refractivity contribution in [2.45, 2.75) is 23.7 Å². The molecule has 0 aliphatic carbocycles. The van der Waals surface area contributed by atoms with Gasteiger partial charge in [-0.05, 0) is 31.5 Å². The fourth-order valence-electron chi connectivity index (χ4n) is 2.79. The Balaban J connectivity index is 1.37. The van der Waals surface area contributed by atoms with Crippen molar-refractivity contribution in [1.29, 1.82) is 0 Å². The fraction of sp³-hybridized carbons (Fsp3) is 0.316. The normalized spacial score (nSPS) is 16.1. The molecule has 0 radical (unpaired) electrons. The van der Waals surface area contributed by atoms with Gasteiger partial charge < -0.3 is 15.4 Å². The number of carbonyl (C=O) groups excluding carboxylic acids is 2. The number of amides is 2. The number of nitrogens with one attached hydrogen (secondary N) is 2. The van der Waals surface area contributed by atoms with Gasteiger partial charge in [0.25, 0.3) is 5.91 Å². The van der Waals surface area contributed by atoms with E-state index in [0.717, 1.165) is 26.7 Å². The number of anilines is 1. The van der Waals surface area contributed by atoms with E-state index in [0.29, 0.717) is 24.7 Å². The number of nitrogens with zero attached hydrogens (tertiary/aromatic N) is 3. The van der Waals surface area contributed by atoms with Crippen LogP contribution in [0, 0.1) is 6.92 Å². The van der Waals surface area contributed by atoms with Gasteiger partial charge in [0.2, 0.25) is 5.91 Å². The number of rotatable bonds is 6.